The molecule has 0 aromatic heterocycles. The topological polar surface area (TPSA) is 32.8 Å². The molecule has 80 valence electrons. The lowest BCUT2D eigenvalue weighted by atomic mass is 10.0. The lowest BCUT2D eigenvalue weighted by Crippen LogP contribution is -2.45. The van der Waals surface area contributed by atoms with Gasteiger partial charge in [0, 0.05) is 27.2 Å². The van der Waals surface area contributed by atoms with Gasteiger partial charge in [-0.3, -0.25) is 9.69 Å². The number of methoxy groups -OCH3 is 1. The van der Waals surface area contributed by atoms with Crippen LogP contribution in [0.1, 0.15) is 12.8 Å². The van der Waals surface area contributed by atoms with Crippen LogP contribution in [0.15, 0.2) is 0 Å². The SMILES string of the molecule is COC1CCN2CCC(N(C)C=O)[C@@H]12. The van der Waals surface area contributed by atoms with Gasteiger partial charge in [0.25, 0.3) is 0 Å². The van der Waals surface area contributed by atoms with Gasteiger partial charge in [-0.05, 0) is 12.8 Å². The first-order valence-electron chi connectivity index (χ1n) is 5.22. The molecule has 14 heavy (non-hydrogen) atoms. The van der Waals surface area contributed by atoms with Crippen LogP contribution < -0.4 is 0 Å². The lowest BCUT2D eigenvalue weighted by Gasteiger charge is -2.29. The van der Waals surface area contributed by atoms with E-state index in [0.717, 1.165) is 32.3 Å². The molecule has 2 fully saturated rings. The molecule has 0 aliphatic carbocycles. The first-order chi connectivity index (χ1) is 6.77. The van der Waals surface area contributed by atoms with Gasteiger partial charge in [-0.15, -0.1) is 0 Å². The molecule has 0 radical (unpaired) electrons. The summed E-state index contributed by atoms with van der Waals surface area (Å²) in [6.45, 7) is 2.22. The smallest absolute Gasteiger partial charge is 0.209 e. The van der Waals surface area contributed by atoms with Gasteiger partial charge in [0.2, 0.25) is 6.41 Å². The standard InChI is InChI=1S/C10H18N2O2/c1-11(7-13)8-3-5-12-6-4-9(14-2)10(8)12/h7-10H,3-6H2,1-2H3/t8?,9?,10-/m0/s1. The van der Waals surface area contributed by atoms with Gasteiger partial charge in [-0.2, -0.15) is 0 Å². The van der Waals surface area contributed by atoms with E-state index in [4.69, 9.17) is 4.74 Å². The average molecular weight is 198 g/mol. The first kappa shape index (κ1) is 9.93. The predicted molar refractivity (Wildman–Crippen MR) is 53.0 cm³/mol. The number of fused-ring (bicyclic) bond motifs is 1. The van der Waals surface area contributed by atoms with Gasteiger partial charge in [-0.25, -0.2) is 0 Å². The third-order valence-electron chi connectivity index (χ3n) is 3.60. The molecular formula is C10H18N2O2. The van der Waals surface area contributed by atoms with Crippen molar-refractivity contribution in [3.63, 3.8) is 0 Å². The summed E-state index contributed by atoms with van der Waals surface area (Å²) >= 11 is 0. The van der Waals surface area contributed by atoms with E-state index in [9.17, 15) is 4.79 Å². The molecule has 4 nitrogen and oxygen atoms in total. The van der Waals surface area contributed by atoms with Crippen molar-refractivity contribution in [2.24, 2.45) is 0 Å². The maximum absolute atomic E-state index is 10.7. The van der Waals surface area contributed by atoms with Crippen LogP contribution in [0.25, 0.3) is 0 Å². The molecule has 0 bridgehead atoms. The molecule has 2 aliphatic heterocycles. The van der Waals surface area contributed by atoms with E-state index in [1.807, 2.05) is 7.05 Å². The number of likely N-dealkylation sites (N-methyl/N-ethyl adjacent to an activating group) is 1. The highest BCUT2D eigenvalue weighted by molar-refractivity contribution is 5.47. The van der Waals surface area contributed by atoms with E-state index in [2.05, 4.69) is 4.90 Å². The van der Waals surface area contributed by atoms with E-state index < -0.39 is 0 Å². The highest BCUT2D eigenvalue weighted by atomic mass is 16.5. The van der Waals surface area contributed by atoms with E-state index in [1.165, 1.54) is 0 Å². The molecule has 2 saturated heterocycles. The third-order valence-corrected chi connectivity index (χ3v) is 3.60. The maximum Gasteiger partial charge on any atom is 0.209 e. The molecule has 2 unspecified atom stereocenters. The summed E-state index contributed by atoms with van der Waals surface area (Å²) in [6.07, 6.45) is 3.42. The van der Waals surface area contributed by atoms with Gasteiger partial charge in [0.15, 0.2) is 0 Å². The zero-order chi connectivity index (χ0) is 10.1. The molecule has 0 saturated carbocycles. The minimum absolute atomic E-state index is 0.310. The number of nitrogens with zero attached hydrogens (tertiary/aromatic N) is 2. The number of hydrogen-bond acceptors (Lipinski definition) is 3. The summed E-state index contributed by atoms with van der Waals surface area (Å²) in [6, 6.07) is 0.773. The third kappa shape index (κ3) is 1.42. The summed E-state index contributed by atoms with van der Waals surface area (Å²) in [4.78, 5) is 15.0. The first-order valence-corrected chi connectivity index (χ1v) is 5.22. The van der Waals surface area contributed by atoms with Gasteiger partial charge >= 0.3 is 0 Å². The van der Waals surface area contributed by atoms with Crippen LogP contribution in [0, 0.1) is 0 Å². The van der Waals surface area contributed by atoms with Crippen molar-refractivity contribution in [2.75, 3.05) is 27.2 Å². The molecule has 3 atom stereocenters. The summed E-state index contributed by atoms with van der Waals surface area (Å²) < 4.78 is 5.47. The van der Waals surface area contributed by atoms with Crippen LogP contribution >= 0.6 is 0 Å². The fourth-order valence-corrected chi connectivity index (χ4v) is 2.85. The highest BCUT2D eigenvalue weighted by Crippen LogP contribution is 2.32. The Labute approximate surface area is 84.8 Å². The number of amides is 1. The number of hydrogen-bond donors (Lipinski definition) is 0. The second-order valence-corrected chi connectivity index (χ2v) is 4.22. The quantitative estimate of drug-likeness (QED) is 0.595. The Balaban J connectivity index is 2.09. The molecule has 0 aromatic carbocycles. The van der Waals surface area contributed by atoms with Crippen LogP contribution in [0.4, 0.5) is 0 Å². The van der Waals surface area contributed by atoms with E-state index in [1.54, 1.807) is 12.0 Å². The summed E-state index contributed by atoms with van der Waals surface area (Å²) in [5, 5.41) is 0. The fourth-order valence-electron chi connectivity index (χ4n) is 2.85. The second-order valence-electron chi connectivity index (χ2n) is 4.22. The Hall–Kier alpha value is -0.610. The molecule has 2 aliphatic rings. The number of carbonyl (C=O) groups excluding carboxylic acids is 1. The Bertz CT molecular complexity index is 222. The Morgan fingerprint density at radius 3 is 2.79 bits per heavy atom. The highest BCUT2D eigenvalue weighted by Gasteiger charge is 2.45. The summed E-state index contributed by atoms with van der Waals surface area (Å²) in [7, 11) is 3.64. The minimum atomic E-state index is 0.310. The fraction of sp³-hybridized carbons (Fsp3) is 0.900. The molecular weight excluding hydrogens is 180 g/mol. The molecule has 1 amide bonds. The normalized spacial score (nSPS) is 37.1. The van der Waals surface area contributed by atoms with Gasteiger partial charge in [0.05, 0.1) is 18.2 Å². The Morgan fingerprint density at radius 2 is 2.14 bits per heavy atom. The van der Waals surface area contributed by atoms with Crippen LogP contribution in [-0.2, 0) is 9.53 Å². The molecule has 2 rings (SSSR count). The predicted octanol–water partition coefficient (Wildman–Crippen LogP) is -0.0638. The van der Waals surface area contributed by atoms with Crippen molar-refractivity contribution in [1.82, 2.24) is 9.80 Å². The van der Waals surface area contributed by atoms with Gasteiger partial charge < -0.3 is 9.64 Å². The number of ether oxygens (including phenoxy) is 1. The van der Waals surface area contributed by atoms with E-state index >= 15 is 0 Å². The van der Waals surface area contributed by atoms with Crippen molar-refractivity contribution >= 4 is 6.41 Å². The van der Waals surface area contributed by atoms with E-state index in [0.29, 0.717) is 18.2 Å². The van der Waals surface area contributed by atoms with Crippen molar-refractivity contribution < 1.29 is 9.53 Å². The lowest BCUT2D eigenvalue weighted by molar-refractivity contribution is -0.119. The van der Waals surface area contributed by atoms with Crippen LogP contribution in [-0.4, -0.2) is 61.6 Å². The maximum atomic E-state index is 10.7. The molecule has 0 N–H and O–H groups in total. The number of carbonyl (C=O) groups is 1. The molecule has 0 aromatic rings. The van der Waals surface area contributed by atoms with Crippen LogP contribution in [0.2, 0.25) is 0 Å². The monoisotopic (exact) mass is 198 g/mol. The van der Waals surface area contributed by atoms with Crippen LogP contribution in [0.5, 0.6) is 0 Å². The molecule has 4 heteroatoms. The van der Waals surface area contributed by atoms with Crippen molar-refractivity contribution in [3.05, 3.63) is 0 Å². The van der Waals surface area contributed by atoms with Gasteiger partial charge in [-0.1, -0.05) is 0 Å². The van der Waals surface area contributed by atoms with Crippen molar-refractivity contribution in [3.8, 4) is 0 Å². The molecule has 2 heterocycles. The minimum Gasteiger partial charge on any atom is -0.380 e. The zero-order valence-corrected chi connectivity index (χ0v) is 8.85. The number of rotatable bonds is 3. The van der Waals surface area contributed by atoms with Crippen molar-refractivity contribution in [2.45, 2.75) is 31.0 Å². The van der Waals surface area contributed by atoms with E-state index in [-0.39, 0.29) is 0 Å². The van der Waals surface area contributed by atoms with Gasteiger partial charge in [0.1, 0.15) is 0 Å². The van der Waals surface area contributed by atoms with Crippen LogP contribution in [0.3, 0.4) is 0 Å². The Kier molecular flexibility index (Phi) is 2.74. The van der Waals surface area contributed by atoms with Crippen molar-refractivity contribution in [1.29, 1.82) is 0 Å². The zero-order valence-electron chi connectivity index (χ0n) is 8.85. The molecule has 0 spiro atoms. The second kappa shape index (κ2) is 3.87. The summed E-state index contributed by atoms with van der Waals surface area (Å²) in [5.74, 6) is 0. The average Bonchev–Trinajstić information content (AvgIpc) is 2.76. The Morgan fingerprint density at radius 1 is 1.43 bits per heavy atom. The largest absolute Gasteiger partial charge is 0.380 e. The summed E-state index contributed by atoms with van der Waals surface area (Å²) in [5.41, 5.74) is 0.